The van der Waals surface area contributed by atoms with Crippen molar-refractivity contribution in [2.24, 2.45) is 0 Å². The molecule has 5 rings (SSSR count). The van der Waals surface area contributed by atoms with Crippen molar-refractivity contribution in [3.05, 3.63) is 80.3 Å². The van der Waals surface area contributed by atoms with Crippen LogP contribution in [0.15, 0.2) is 48.0 Å². The summed E-state index contributed by atoms with van der Waals surface area (Å²) in [6.45, 7) is 1.64. The maximum atomic E-state index is 15.1. The quantitative estimate of drug-likeness (QED) is 0.225. The average Bonchev–Trinajstić information content (AvgIpc) is 3.52. The predicted molar refractivity (Wildman–Crippen MR) is 167 cm³/mol. The third kappa shape index (κ3) is 7.67. The Balaban J connectivity index is 1.64. The first-order chi connectivity index (χ1) is 23.0. The van der Waals surface area contributed by atoms with Crippen molar-refractivity contribution in [1.29, 1.82) is 0 Å². The number of benzene rings is 1. The Kier molecular flexibility index (Phi) is 10.5. The van der Waals surface area contributed by atoms with Crippen LogP contribution in [-0.2, 0) is 34.9 Å². The number of amides is 2. The minimum Gasteiger partial charge on any atom is -0.481 e. The summed E-state index contributed by atoms with van der Waals surface area (Å²) in [5, 5.41) is 11.0. The third-order valence-corrected chi connectivity index (χ3v) is 10.1. The summed E-state index contributed by atoms with van der Waals surface area (Å²) in [6, 6.07) is 5.65. The summed E-state index contributed by atoms with van der Waals surface area (Å²) in [5.41, 5.74) is -2.71. The van der Waals surface area contributed by atoms with Gasteiger partial charge in [-0.1, -0.05) is 31.0 Å². The number of fused-ring (bicyclic) bond motifs is 1. The zero-order chi connectivity index (χ0) is 35.7. The number of likely N-dealkylation sites (tertiary alicyclic amines) is 1. The summed E-state index contributed by atoms with van der Waals surface area (Å²) in [5.74, 6) is -3.21. The number of halogens is 7. The van der Waals surface area contributed by atoms with Gasteiger partial charge in [-0.15, -0.1) is 11.3 Å². The molecule has 264 valence electrons. The molecule has 2 aliphatic rings. The number of nitrogens with zero attached hydrogens (tertiary/aromatic N) is 3. The molecule has 1 fully saturated rings. The Morgan fingerprint density at radius 2 is 1.82 bits per heavy atom. The number of hydrogen-bond acceptors (Lipinski definition) is 6. The number of piperidine rings is 1. The molecule has 8 nitrogen and oxygen atoms in total. The van der Waals surface area contributed by atoms with Crippen LogP contribution in [0.25, 0.3) is 0 Å². The second kappa shape index (κ2) is 14.2. The lowest BCUT2D eigenvalue weighted by Gasteiger charge is -2.51. The normalized spacial score (nSPS) is 21.3. The molecule has 2 aliphatic heterocycles. The number of pyridine rings is 1. The maximum Gasteiger partial charge on any atom is 0.425 e. The maximum absolute atomic E-state index is 15.1. The van der Waals surface area contributed by atoms with Gasteiger partial charge in [0.2, 0.25) is 5.60 Å². The molecular weight excluding hydrogens is 700 g/mol. The fourth-order valence-electron chi connectivity index (χ4n) is 6.72. The van der Waals surface area contributed by atoms with Crippen LogP contribution in [0.3, 0.4) is 0 Å². The van der Waals surface area contributed by atoms with Crippen LogP contribution in [0.1, 0.15) is 77.5 Å². The Morgan fingerprint density at radius 1 is 1.06 bits per heavy atom. The van der Waals surface area contributed by atoms with E-state index in [2.05, 4.69) is 4.98 Å². The molecule has 1 aromatic carbocycles. The molecule has 3 atom stereocenters. The molecule has 1 unspecified atom stereocenters. The van der Waals surface area contributed by atoms with Gasteiger partial charge >= 0.3 is 18.3 Å². The molecule has 2 amide bonds. The van der Waals surface area contributed by atoms with Crippen molar-refractivity contribution in [3.63, 3.8) is 0 Å². The topological polar surface area (TPSA) is 100 Å². The monoisotopic (exact) mass is 731 g/mol. The molecule has 0 bridgehead atoms. The molecule has 1 N–H and O–H groups in total. The van der Waals surface area contributed by atoms with Crippen LogP contribution in [-0.4, -0.2) is 61.9 Å². The Hall–Kier alpha value is -3.85. The van der Waals surface area contributed by atoms with Gasteiger partial charge in [-0.25, -0.2) is 0 Å². The number of carboxylic acids is 1. The summed E-state index contributed by atoms with van der Waals surface area (Å²) in [7, 11) is 0. The number of aromatic nitrogens is 1. The van der Waals surface area contributed by atoms with Crippen LogP contribution >= 0.6 is 22.9 Å². The summed E-state index contributed by atoms with van der Waals surface area (Å²) in [6.07, 6.45) is -8.33. The molecule has 0 aliphatic carbocycles. The van der Waals surface area contributed by atoms with Crippen molar-refractivity contribution in [1.82, 2.24) is 14.8 Å². The van der Waals surface area contributed by atoms with Crippen LogP contribution in [0.4, 0.5) is 26.3 Å². The first kappa shape index (κ1) is 36.4. The fraction of sp³-hybridized carbons (Fsp3) is 0.455. The number of ether oxygens (including phenoxy) is 1. The molecule has 0 saturated carbocycles. The van der Waals surface area contributed by atoms with Gasteiger partial charge in [-0.2, -0.15) is 26.3 Å². The minimum absolute atomic E-state index is 0.0176. The summed E-state index contributed by atoms with van der Waals surface area (Å²) < 4.78 is 89.3. The zero-order valence-electron chi connectivity index (χ0n) is 26.1. The lowest BCUT2D eigenvalue weighted by Crippen LogP contribution is -2.69. The lowest BCUT2D eigenvalue weighted by atomic mass is 9.78. The summed E-state index contributed by atoms with van der Waals surface area (Å²) in [4.78, 5) is 46.1. The van der Waals surface area contributed by atoms with E-state index in [0.717, 1.165) is 40.2 Å². The Bertz CT molecular complexity index is 1720. The van der Waals surface area contributed by atoms with Crippen LogP contribution in [0, 0.1) is 0 Å². The number of hydrogen-bond donors (Lipinski definition) is 1. The van der Waals surface area contributed by atoms with Gasteiger partial charge in [-0.3, -0.25) is 19.4 Å². The van der Waals surface area contributed by atoms with E-state index < -0.39 is 64.0 Å². The molecule has 0 radical (unpaired) electrons. The molecule has 4 heterocycles. The second-order valence-electron chi connectivity index (χ2n) is 12.1. The highest BCUT2D eigenvalue weighted by molar-refractivity contribution is 7.10. The number of carbonyl (C=O) groups excluding carboxylic acids is 2. The second-order valence-corrected chi connectivity index (χ2v) is 13.4. The first-order valence-corrected chi connectivity index (χ1v) is 16.8. The van der Waals surface area contributed by atoms with Crippen molar-refractivity contribution in [2.45, 2.75) is 88.5 Å². The van der Waals surface area contributed by atoms with Gasteiger partial charge in [0, 0.05) is 54.6 Å². The number of aliphatic carboxylic acids is 1. The highest BCUT2D eigenvalue weighted by Crippen LogP contribution is 2.44. The third-order valence-electron chi connectivity index (χ3n) is 8.87. The first-order valence-electron chi connectivity index (χ1n) is 15.5. The molecule has 0 spiro atoms. The fourth-order valence-corrected chi connectivity index (χ4v) is 7.59. The Morgan fingerprint density at radius 3 is 2.47 bits per heavy atom. The Labute approximate surface area is 286 Å². The van der Waals surface area contributed by atoms with Gasteiger partial charge in [0.15, 0.2) is 0 Å². The smallest absolute Gasteiger partial charge is 0.425 e. The zero-order valence-corrected chi connectivity index (χ0v) is 27.7. The van der Waals surface area contributed by atoms with Crippen LogP contribution in [0.5, 0.6) is 5.75 Å². The number of thiophene rings is 1. The number of alkyl halides is 6. The largest absolute Gasteiger partial charge is 0.481 e. The van der Waals surface area contributed by atoms with Crippen LogP contribution < -0.4 is 4.74 Å². The van der Waals surface area contributed by atoms with Gasteiger partial charge in [0.05, 0.1) is 11.6 Å². The van der Waals surface area contributed by atoms with Gasteiger partial charge in [0.25, 0.3) is 11.8 Å². The highest BCUT2D eigenvalue weighted by Gasteiger charge is 2.57. The van der Waals surface area contributed by atoms with Crippen LogP contribution in [0.2, 0.25) is 5.02 Å². The predicted octanol–water partition coefficient (Wildman–Crippen LogP) is 7.87. The molecule has 1 saturated heterocycles. The molecule has 16 heteroatoms. The number of carbonyl (C=O) groups is 3. The number of carboxylic acid groups (broad SMARTS) is 1. The van der Waals surface area contributed by atoms with E-state index in [9.17, 15) is 41.0 Å². The van der Waals surface area contributed by atoms with E-state index in [1.807, 2.05) is 0 Å². The van der Waals surface area contributed by atoms with E-state index in [1.165, 1.54) is 4.90 Å². The van der Waals surface area contributed by atoms with Crippen molar-refractivity contribution in [3.8, 4) is 5.75 Å². The molecule has 3 aromatic rings. The van der Waals surface area contributed by atoms with Crippen molar-refractivity contribution >= 4 is 40.7 Å². The molecule has 2 aromatic heterocycles. The van der Waals surface area contributed by atoms with E-state index in [1.54, 1.807) is 25.1 Å². The van der Waals surface area contributed by atoms with Crippen molar-refractivity contribution in [2.75, 3.05) is 6.54 Å². The van der Waals surface area contributed by atoms with E-state index in [-0.39, 0.29) is 57.4 Å². The summed E-state index contributed by atoms with van der Waals surface area (Å²) >= 11 is 6.57. The van der Waals surface area contributed by atoms with Crippen molar-refractivity contribution < 1.29 is 50.6 Å². The molecular formula is C33H32ClF6N3O5S. The van der Waals surface area contributed by atoms with Gasteiger partial charge in [0.1, 0.15) is 16.3 Å². The lowest BCUT2D eigenvalue weighted by molar-refractivity contribution is -0.163. The SMILES string of the molecule is CCC[C@H]1N(C(=O)c2ncccc2C(F)(F)F)CCC[C@@]1(Oc1csc(C(F)(F)F)c1)C(=O)N1Cc2ccc(Cl)cc2CC1CCC(=O)O. The van der Waals surface area contributed by atoms with E-state index in [4.69, 9.17) is 16.3 Å². The number of rotatable bonds is 9. The van der Waals surface area contributed by atoms with Gasteiger partial charge < -0.3 is 19.6 Å². The van der Waals surface area contributed by atoms with E-state index >= 15 is 4.79 Å². The van der Waals surface area contributed by atoms with E-state index in [0.29, 0.717) is 28.3 Å². The molecule has 49 heavy (non-hydrogen) atoms. The highest BCUT2D eigenvalue weighted by atomic mass is 35.5. The minimum atomic E-state index is -4.93. The standard InChI is InChI=1S/C33H32ClF6N3O5S/c1-2-5-25-31(48-23-16-26(49-18-23)33(38,39)40,11-4-13-42(25)29(46)28-24(32(35,36)37)6-3-12-41-28)30(47)43-17-19-7-8-21(34)14-20(19)15-22(43)9-10-27(44)45/h3,6-8,12,14,16,18,22,25H,2,4-5,9-11,13,15,17H2,1H3,(H,44,45)/t22?,25-,31+/m1/s1. The average molecular weight is 732 g/mol. The van der Waals surface area contributed by atoms with Gasteiger partial charge in [-0.05, 0) is 61.1 Å².